The molecule has 176 valence electrons. The summed E-state index contributed by atoms with van der Waals surface area (Å²) in [6.07, 6.45) is 0.989. The lowest BCUT2D eigenvalue weighted by Gasteiger charge is -2.15. The second-order valence-corrected chi connectivity index (χ2v) is 6.84. The number of rotatable bonds is 11. The van der Waals surface area contributed by atoms with Gasteiger partial charge in [-0.2, -0.15) is 0 Å². The minimum absolute atomic E-state index is 0.140. The minimum atomic E-state index is -0.491. The molecule has 1 amide bonds. The summed E-state index contributed by atoms with van der Waals surface area (Å²) in [4.78, 5) is 27.8. The van der Waals surface area contributed by atoms with Crippen LogP contribution in [0.3, 0.4) is 0 Å². The summed E-state index contributed by atoms with van der Waals surface area (Å²) in [6, 6.07) is 12.9. The molecule has 0 saturated heterocycles. The first kappa shape index (κ1) is 25.4. The predicted molar refractivity (Wildman–Crippen MR) is 128 cm³/mol. The summed E-state index contributed by atoms with van der Waals surface area (Å²) < 4.78 is 5.54. The fraction of sp³-hybridized carbons (Fsp3) is 0.333. The first-order valence-corrected chi connectivity index (χ1v) is 10.4. The third kappa shape index (κ3) is 6.80. The van der Waals surface area contributed by atoms with Crippen LogP contribution in [0.2, 0.25) is 0 Å². The predicted octanol–water partition coefficient (Wildman–Crippen LogP) is 3.60. The van der Waals surface area contributed by atoms with Crippen molar-refractivity contribution in [2.75, 3.05) is 27.9 Å². The number of carbonyl (C=O) groups is 1. The molecule has 2 aromatic rings. The number of oxime groups is 3. The molecule has 0 fully saturated rings. The highest BCUT2D eigenvalue weighted by Crippen LogP contribution is 2.23. The van der Waals surface area contributed by atoms with Crippen LogP contribution in [0.1, 0.15) is 42.2 Å². The van der Waals surface area contributed by atoms with Crippen LogP contribution < -0.4 is 10.1 Å². The number of nitrogens with zero attached hydrogens (tertiary/aromatic N) is 3. The van der Waals surface area contributed by atoms with Crippen LogP contribution in [0.25, 0.3) is 0 Å². The van der Waals surface area contributed by atoms with Crippen molar-refractivity contribution in [1.82, 2.24) is 5.32 Å². The molecule has 0 heterocycles. The van der Waals surface area contributed by atoms with Gasteiger partial charge in [0.1, 0.15) is 31.8 Å². The lowest BCUT2D eigenvalue weighted by Crippen LogP contribution is -2.29. The van der Waals surface area contributed by atoms with Gasteiger partial charge in [0.2, 0.25) is 0 Å². The van der Waals surface area contributed by atoms with Crippen LogP contribution in [-0.4, -0.2) is 51.4 Å². The summed E-state index contributed by atoms with van der Waals surface area (Å²) >= 11 is 0. The van der Waals surface area contributed by atoms with Gasteiger partial charge in [0, 0.05) is 23.7 Å². The highest BCUT2D eigenvalue weighted by Gasteiger charge is 2.21. The number of hydrogen-bond acceptors (Lipinski definition) is 8. The SMILES string of the molecule is CCOc1ccc(C(C=NOC(C)c2ccccc2C(=NOC)C(=O)NC)=NOC)c(C)c1. The lowest BCUT2D eigenvalue weighted by molar-refractivity contribution is -0.114. The first-order valence-electron chi connectivity index (χ1n) is 10.4. The molecule has 0 aliphatic rings. The fourth-order valence-electron chi connectivity index (χ4n) is 3.14. The van der Waals surface area contributed by atoms with Crippen molar-refractivity contribution in [2.24, 2.45) is 15.5 Å². The van der Waals surface area contributed by atoms with Crippen molar-refractivity contribution in [1.29, 1.82) is 0 Å². The average molecular weight is 455 g/mol. The molecule has 1 N–H and O–H groups in total. The summed E-state index contributed by atoms with van der Waals surface area (Å²) in [5.74, 6) is 0.402. The van der Waals surface area contributed by atoms with Gasteiger partial charge in [-0.3, -0.25) is 4.79 Å². The minimum Gasteiger partial charge on any atom is -0.494 e. The Bertz CT molecular complexity index is 1030. The molecule has 0 spiro atoms. The van der Waals surface area contributed by atoms with E-state index in [0.717, 1.165) is 22.4 Å². The van der Waals surface area contributed by atoms with Gasteiger partial charge in [0.05, 0.1) is 12.8 Å². The van der Waals surface area contributed by atoms with Crippen molar-refractivity contribution in [2.45, 2.75) is 26.9 Å². The molecule has 0 aliphatic carbocycles. The average Bonchev–Trinajstić information content (AvgIpc) is 2.82. The van der Waals surface area contributed by atoms with E-state index in [-0.39, 0.29) is 11.6 Å². The largest absolute Gasteiger partial charge is 0.494 e. The highest BCUT2D eigenvalue weighted by molar-refractivity contribution is 6.45. The summed E-state index contributed by atoms with van der Waals surface area (Å²) in [5.41, 5.74) is 3.71. The molecule has 1 unspecified atom stereocenters. The Balaban J connectivity index is 2.27. The Hall–Kier alpha value is -3.88. The van der Waals surface area contributed by atoms with Crippen LogP contribution in [0.4, 0.5) is 0 Å². The van der Waals surface area contributed by atoms with Gasteiger partial charge < -0.3 is 24.6 Å². The second kappa shape index (κ2) is 12.8. The van der Waals surface area contributed by atoms with Gasteiger partial charge in [-0.1, -0.05) is 39.7 Å². The highest BCUT2D eigenvalue weighted by atomic mass is 16.6. The van der Waals surface area contributed by atoms with E-state index < -0.39 is 6.10 Å². The Morgan fingerprint density at radius 2 is 1.82 bits per heavy atom. The van der Waals surface area contributed by atoms with Crippen molar-refractivity contribution in [3.63, 3.8) is 0 Å². The first-order chi connectivity index (χ1) is 16.0. The van der Waals surface area contributed by atoms with Crippen molar-refractivity contribution in [3.05, 3.63) is 64.7 Å². The van der Waals surface area contributed by atoms with Gasteiger partial charge in [0.15, 0.2) is 5.71 Å². The van der Waals surface area contributed by atoms with Crippen molar-refractivity contribution >= 4 is 23.5 Å². The van der Waals surface area contributed by atoms with Crippen LogP contribution in [0.5, 0.6) is 5.75 Å². The van der Waals surface area contributed by atoms with Gasteiger partial charge in [-0.05, 0) is 44.5 Å². The fourth-order valence-corrected chi connectivity index (χ4v) is 3.14. The molecule has 33 heavy (non-hydrogen) atoms. The zero-order valence-electron chi connectivity index (χ0n) is 19.8. The zero-order valence-corrected chi connectivity index (χ0v) is 19.8. The Morgan fingerprint density at radius 1 is 1.09 bits per heavy atom. The normalized spacial score (nSPS) is 12.9. The molecular formula is C24H30N4O5. The quantitative estimate of drug-likeness (QED) is 0.413. The van der Waals surface area contributed by atoms with E-state index in [1.807, 2.05) is 51.1 Å². The number of benzene rings is 2. The molecule has 0 aliphatic heterocycles. The van der Waals surface area contributed by atoms with E-state index in [9.17, 15) is 4.79 Å². The molecule has 0 saturated carbocycles. The lowest BCUT2D eigenvalue weighted by atomic mass is 9.99. The number of ether oxygens (including phenoxy) is 1. The van der Waals surface area contributed by atoms with E-state index in [0.29, 0.717) is 17.9 Å². The number of nitrogens with one attached hydrogen (secondary N) is 1. The topological polar surface area (TPSA) is 103 Å². The van der Waals surface area contributed by atoms with Crippen LogP contribution >= 0.6 is 0 Å². The van der Waals surface area contributed by atoms with Gasteiger partial charge in [-0.25, -0.2) is 0 Å². The monoisotopic (exact) mass is 454 g/mol. The van der Waals surface area contributed by atoms with E-state index in [4.69, 9.17) is 19.2 Å². The van der Waals surface area contributed by atoms with E-state index in [1.165, 1.54) is 27.5 Å². The molecule has 2 aromatic carbocycles. The number of carbonyl (C=O) groups excluding carboxylic acids is 1. The van der Waals surface area contributed by atoms with Crippen LogP contribution in [-0.2, 0) is 19.3 Å². The van der Waals surface area contributed by atoms with Gasteiger partial charge in [-0.15, -0.1) is 0 Å². The number of amides is 1. The van der Waals surface area contributed by atoms with Crippen LogP contribution in [0.15, 0.2) is 57.9 Å². The summed E-state index contributed by atoms with van der Waals surface area (Å²) in [5, 5.41) is 14.6. The second-order valence-electron chi connectivity index (χ2n) is 6.84. The van der Waals surface area contributed by atoms with E-state index >= 15 is 0 Å². The van der Waals surface area contributed by atoms with E-state index in [1.54, 1.807) is 12.1 Å². The maximum Gasteiger partial charge on any atom is 0.273 e. The molecule has 1 atom stereocenters. The number of aryl methyl sites for hydroxylation is 1. The number of likely N-dealkylation sites (N-methyl/N-ethyl adjacent to an activating group) is 1. The Labute approximate surface area is 194 Å². The Kier molecular flexibility index (Phi) is 9.88. The smallest absolute Gasteiger partial charge is 0.273 e. The van der Waals surface area contributed by atoms with Crippen molar-refractivity contribution < 1.29 is 24.0 Å². The molecule has 9 heteroatoms. The third-order valence-corrected chi connectivity index (χ3v) is 4.65. The zero-order chi connectivity index (χ0) is 24.2. The van der Waals surface area contributed by atoms with Crippen LogP contribution in [0, 0.1) is 6.92 Å². The summed E-state index contributed by atoms with van der Waals surface area (Å²) in [7, 11) is 4.38. The molecule has 0 bridgehead atoms. The molecule has 2 rings (SSSR count). The van der Waals surface area contributed by atoms with Gasteiger partial charge in [0.25, 0.3) is 5.91 Å². The van der Waals surface area contributed by atoms with Gasteiger partial charge >= 0.3 is 0 Å². The standard InChI is InChI=1S/C24H30N4O5/c1-7-32-18-12-13-19(16(2)14-18)22(27-30-5)15-26-33-17(3)20-10-8-9-11-21(20)23(28-31-6)24(29)25-4/h8-15,17H,7H2,1-6H3,(H,25,29). The third-order valence-electron chi connectivity index (χ3n) is 4.65. The molecule has 9 nitrogen and oxygen atoms in total. The van der Waals surface area contributed by atoms with Crippen molar-refractivity contribution in [3.8, 4) is 5.75 Å². The molecular weight excluding hydrogens is 424 g/mol. The maximum absolute atomic E-state index is 12.3. The van der Waals surface area contributed by atoms with E-state index in [2.05, 4.69) is 20.8 Å². The molecule has 0 radical (unpaired) electrons. The molecule has 0 aromatic heterocycles. The summed E-state index contributed by atoms with van der Waals surface area (Å²) in [6.45, 7) is 6.29. The Morgan fingerprint density at radius 3 is 2.45 bits per heavy atom. The maximum atomic E-state index is 12.3. The number of hydrogen-bond donors (Lipinski definition) is 1.